The third-order valence-corrected chi connectivity index (χ3v) is 2.65. The number of rotatable bonds is 3. The number of amides is 2. The van der Waals surface area contributed by atoms with Crippen LogP contribution in [0.25, 0.3) is 6.08 Å². The summed E-state index contributed by atoms with van der Waals surface area (Å²) in [5.74, 6) is -0.531. The highest BCUT2D eigenvalue weighted by Gasteiger charge is 2.22. The van der Waals surface area contributed by atoms with Crippen LogP contribution >= 0.6 is 0 Å². The number of benzene rings is 1. The van der Waals surface area contributed by atoms with Crippen molar-refractivity contribution < 1.29 is 9.59 Å². The van der Waals surface area contributed by atoms with Crippen molar-refractivity contribution in [2.45, 2.75) is 0 Å². The van der Waals surface area contributed by atoms with Crippen LogP contribution in [0.4, 0.5) is 5.69 Å². The molecule has 1 aromatic carbocycles. The maximum Gasteiger partial charge on any atom is 0.246 e. The fourth-order valence-corrected chi connectivity index (χ4v) is 1.82. The Bertz CT molecular complexity index is 464. The van der Waals surface area contributed by atoms with Gasteiger partial charge >= 0.3 is 0 Å². The van der Waals surface area contributed by atoms with Crippen LogP contribution in [0.5, 0.6) is 0 Å². The van der Waals surface area contributed by atoms with E-state index in [9.17, 15) is 9.59 Å². The largest absolute Gasteiger partial charge is 0.353 e. The lowest BCUT2D eigenvalue weighted by molar-refractivity contribution is -0.130. The van der Waals surface area contributed by atoms with Gasteiger partial charge in [-0.25, -0.2) is 0 Å². The molecule has 1 aromatic rings. The highest BCUT2D eigenvalue weighted by Crippen LogP contribution is 2.16. The average Bonchev–Trinajstić information content (AvgIpc) is 2.36. The van der Waals surface area contributed by atoms with E-state index in [4.69, 9.17) is 5.73 Å². The van der Waals surface area contributed by atoms with E-state index in [0.717, 1.165) is 11.3 Å². The van der Waals surface area contributed by atoms with Crippen LogP contribution in [0.3, 0.4) is 0 Å². The van der Waals surface area contributed by atoms with Gasteiger partial charge in [0.25, 0.3) is 0 Å². The fraction of sp³-hybridized carbons (Fsp3) is 0.231. The molecule has 0 unspecified atom stereocenters. The Balaban J connectivity index is 2.11. The van der Waals surface area contributed by atoms with Crippen molar-refractivity contribution in [1.82, 2.24) is 5.32 Å². The van der Waals surface area contributed by atoms with Crippen molar-refractivity contribution in [2.75, 3.05) is 24.5 Å². The maximum atomic E-state index is 11.3. The molecule has 94 valence electrons. The number of piperazine rings is 1. The minimum absolute atomic E-state index is 0.212. The third kappa shape index (κ3) is 2.95. The van der Waals surface area contributed by atoms with Crippen molar-refractivity contribution in [3.8, 4) is 0 Å². The van der Waals surface area contributed by atoms with Gasteiger partial charge in [0, 0.05) is 12.2 Å². The smallest absolute Gasteiger partial charge is 0.246 e. The molecule has 3 N–H and O–H groups in total. The number of anilines is 1. The summed E-state index contributed by atoms with van der Waals surface area (Å²) in [6, 6.07) is 7.64. The molecule has 2 rings (SSSR count). The summed E-state index contributed by atoms with van der Waals surface area (Å²) in [5.41, 5.74) is 7.28. The number of carbonyl (C=O) groups excluding carboxylic acids is 2. The van der Waals surface area contributed by atoms with Gasteiger partial charge in [-0.2, -0.15) is 0 Å². The normalized spacial score (nSPS) is 16.2. The molecule has 0 aromatic heterocycles. The first-order chi connectivity index (χ1) is 8.69. The zero-order valence-electron chi connectivity index (χ0n) is 9.93. The van der Waals surface area contributed by atoms with Gasteiger partial charge in [0.05, 0.1) is 13.1 Å². The summed E-state index contributed by atoms with van der Waals surface area (Å²) in [6.45, 7) is 0.927. The van der Waals surface area contributed by atoms with Crippen LogP contribution in [0, 0.1) is 0 Å². The first kappa shape index (κ1) is 12.3. The SMILES string of the molecule is NC/C=C/c1ccc(N2CC(=O)NC(=O)C2)cc1. The molecule has 0 bridgehead atoms. The molecule has 1 aliphatic rings. The number of nitrogens with zero attached hydrogens (tertiary/aromatic N) is 1. The Labute approximate surface area is 105 Å². The van der Waals surface area contributed by atoms with E-state index >= 15 is 0 Å². The Kier molecular flexibility index (Phi) is 3.74. The van der Waals surface area contributed by atoms with Crippen molar-refractivity contribution >= 4 is 23.6 Å². The predicted octanol–water partition coefficient (Wildman–Crippen LogP) is 0.121. The minimum Gasteiger partial charge on any atom is -0.353 e. The zero-order chi connectivity index (χ0) is 13.0. The average molecular weight is 245 g/mol. The number of imide groups is 1. The highest BCUT2D eigenvalue weighted by molar-refractivity contribution is 6.02. The standard InChI is InChI=1S/C13H15N3O2/c14-7-1-2-10-3-5-11(6-4-10)16-8-12(17)15-13(18)9-16/h1-6H,7-9,14H2,(H,15,17,18)/b2-1+. The summed E-state index contributed by atoms with van der Waals surface area (Å²) >= 11 is 0. The lowest BCUT2D eigenvalue weighted by atomic mass is 10.1. The van der Waals surface area contributed by atoms with Gasteiger partial charge in [-0.3, -0.25) is 14.9 Å². The van der Waals surface area contributed by atoms with Gasteiger partial charge in [0.2, 0.25) is 11.8 Å². The van der Waals surface area contributed by atoms with Gasteiger partial charge < -0.3 is 10.6 Å². The molecule has 0 spiro atoms. The van der Waals surface area contributed by atoms with E-state index in [-0.39, 0.29) is 24.9 Å². The summed E-state index contributed by atoms with van der Waals surface area (Å²) in [5, 5.41) is 2.27. The molecule has 1 heterocycles. The molecule has 0 atom stereocenters. The molecule has 5 nitrogen and oxygen atoms in total. The van der Waals surface area contributed by atoms with Gasteiger partial charge in [-0.15, -0.1) is 0 Å². The summed E-state index contributed by atoms with van der Waals surface area (Å²) in [6.07, 6.45) is 3.80. The van der Waals surface area contributed by atoms with Crippen molar-refractivity contribution in [3.05, 3.63) is 35.9 Å². The molecule has 0 aliphatic carbocycles. The lowest BCUT2D eigenvalue weighted by Gasteiger charge is -2.27. The second-order valence-corrected chi connectivity index (χ2v) is 4.06. The maximum absolute atomic E-state index is 11.3. The van der Waals surface area contributed by atoms with E-state index < -0.39 is 0 Å². The predicted molar refractivity (Wildman–Crippen MR) is 69.9 cm³/mol. The van der Waals surface area contributed by atoms with Gasteiger partial charge in [-0.05, 0) is 17.7 Å². The molecule has 18 heavy (non-hydrogen) atoms. The number of hydrogen-bond acceptors (Lipinski definition) is 4. The van der Waals surface area contributed by atoms with Crippen LogP contribution in [0.2, 0.25) is 0 Å². The number of nitrogens with one attached hydrogen (secondary N) is 1. The van der Waals surface area contributed by atoms with E-state index in [1.807, 2.05) is 36.4 Å². The zero-order valence-corrected chi connectivity index (χ0v) is 9.93. The van der Waals surface area contributed by atoms with Crippen molar-refractivity contribution in [3.63, 3.8) is 0 Å². The fourth-order valence-electron chi connectivity index (χ4n) is 1.82. The van der Waals surface area contributed by atoms with Gasteiger partial charge in [-0.1, -0.05) is 24.3 Å². The second-order valence-electron chi connectivity index (χ2n) is 4.06. The monoisotopic (exact) mass is 245 g/mol. The molecule has 1 aliphatic heterocycles. The number of hydrogen-bond donors (Lipinski definition) is 2. The first-order valence-corrected chi connectivity index (χ1v) is 5.73. The van der Waals surface area contributed by atoms with E-state index in [2.05, 4.69) is 5.32 Å². The lowest BCUT2D eigenvalue weighted by Crippen LogP contribution is -2.51. The molecule has 1 fully saturated rings. The number of carbonyl (C=O) groups is 2. The van der Waals surface area contributed by atoms with E-state index in [0.29, 0.717) is 6.54 Å². The highest BCUT2D eigenvalue weighted by atomic mass is 16.2. The topological polar surface area (TPSA) is 75.4 Å². The van der Waals surface area contributed by atoms with Crippen molar-refractivity contribution in [2.24, 2.45) is 5.73 Å². The second kappa shape index (κ2) is 5.46. The van der Waals surface area contributed by atoms with Crippen LogP contribution in [-0.4, -0.2) is 31.4 Å². The van der Waals surface area contributed by atoms with Crippen LogP contribution < -0.4 is 16.0 Å². The molecular weight excluding hydrogens is 230 g/mol. The summed E-state index contributed by atoms with van der Waals surface area (Å²) in [4.78, 5) is 24.3. The first-order valence-electron chi connectivity index (χ1n) is 5.73. The molecule has 5 heteroatoms. The van der Waals surface area contributed by atoms with Crippen LogP contribution in [-0.2, 0) is 9.59 Å². The Morgan fingerprint density at radius 1 is 1.17 bits per heavy atom. The molecule has 1 saturated heterocycles. The third-order valence-electron chi connectivity index (χ3n) is 2.65. The van der Waals surface area contributed by atoms with Crippen LogP contribution in [0.15, 0.2) is 30.3 Å². The number of nitrogens with two attached hydrogens (primary N) is 1. The van der Waals surface area contributed by atoms with Crippen molar-refractivity contribution in [1.29, 1.82) is 0 Å². The molecule has 2 amide bonds. The Hall–Kier alpha value is -2.14. The van der Waals surface area contributed by atoms with E-state index in [1.165, 1.54) is 0 Å². The minimum atomic E-state index is -0.265. The van der Waals surface area contributed by atoms with Gasteiger partial charge in [0.15, 0.2) is 0 Å². The molecule has 0 radical (unpaired) electrons. The summed E-state index contributed by atoms with van der Waals surface area (Å²) in [7, 11) is 0. The van der Waals surface area contributed by atoms with Crippen LogP contribution in [0.1, 0.15) is 5.56 Å². The quantitative estimate of drug-likeness (QED) is 0.742. The Morgan fingerprint density at radius 2 is 1.78 bits per heavy atom. The van der Waals surface area contributed by atoms with Gasteiger partial charge in [0.1, 0.15) is 0 Å². The Morgan fingerprint density at radius 3 is 2.33 bits per heavy atom. The molecular formula is C13H15N3O2. The molecule has 0 saturated carbocycles. The summed E-state index contributed by atoms with van der Waals surface area (Å²) < 4.78 is 0. The van der Waals surface area contributed by atoms with E-state index in [1.54, 1.807) is 4.90 Å².